The fraction of sp³-hybridized carbons (Fsp3) is 0.389. The van der Waals surface area contributed by atoms with Gasteiger partial charge >= 0.3 is 7.12 Å². The molecule has 0 amide bonds. The topological polar surface area (TPSA) is 35.5 Å². The maximum Gasteiger partial charge on any atom is 0.495 e. The molecule has 114 valence electrons. The standard InChI is InChI=1S/C18H21BO3/c1-12-6-8-14-10-13(11-20)7-9-15(14)16(12)19-21-17(2,3)18(4,5)22-19/h6-11H,1-5H3. The van der Waals surface area contributed by atoms with E-state index in [0.29, 0.717) is 5.56 Å². The highest BCUT2D eigenvalue weighted by Crippen LogP contribution is 2.37. The fourth-order valence-corrected chi connectivity index (χ4v) is 2.83. The van der Waals surface area contributed by atoms with Crippen LogP contribution in [0.2, 0.25) is 0 Å². The van der Waals surface area contributed by atoms with E-state index in [1.807, 2.05) is 24.3 Å². The van der Waals surface area contributed by atoms with E-state index < -0.39 is 7.12 Å². The molecule has 0 saturated carbocycles. The largest absolute Gasteiger partial charge is 0.495 e. The first-order valence-electron chi connectivity index (χ1n) is 7.59. The highest BCUT2D eigenvalue weighted by Gasteiger charge is 2.52. The van der Waals surface area contributed by atoms with E-state index in [1.54, 1.807) is 0 Å². The van der Waals surface area contributed by atoms with E-state index >= 15 is 0 Å². The van der Waals surface area contributed by atoms with Crippen LogP contribution in [0.4, 0.5) is 0 Å². The molecule has 22 heavy (non-hydrogen) atoms. The van der Waals surface area contributed by atoms with Crippen LogP contribution >= 0.6 is 0 Å². The minimum atomic E-state index is -0.393. The Balaban J connectivity index is 2.15. The number of carbonyl (C=O) groups is 1. The Labute approximate surface area is 131 Å². The van der Waals surface area contributed by atoms with Gasteiger partial charge in [0.2, 0.25) is 0 Å². The van der Waals surface area contributed by atoms with Crippen molar-refractivity contribution in [1.29, 1.82) is 0 Å². The van der Waals surface area contributed by atoms with Gasteiger partial charge in [0.05, 0.1) is 11.2 Å². The second-order valence-corrected chi connectivity index (χ2v) is 6.98. The van der Waals surface area contributed by atoms with E-state index in [0.717, 1.165) is 28.1 Å². The zero-order chi connectivity index (χ0) is 16.1. The molecule has 2 aromatic rings. The minimum absolute atomic E-state index is 0.366. The van der Waals surface area contributed by atoms with E-state index in [2.05, 4.69) is 40.7 Å². The van der Waals surface area contributed by atoms with Crippen LogP contribution < -0.4 is 5.46 Å². The van der Waals surface area contributed by atoms with Gasteiger partial charge in [0.15, 0.2) is 0 Å². The van der Waals surface area contributed by atoms with Crippen molar-refractivity contribution >= 4 is 29.6 Å². The smallest absolute Gasteiger partial charge is 0.399 e. The molecule has 1 aliphatic heterocycles. The van der Waals surface area contributed by atoms with Crippen molar-refractivity contribution in [2.24, 2.45) is 0 Å². The van der Waals surface area contributed by atoms with Gasteiger partial charge in [-0.15, -0.1) is 0 Å². The van der Waals surface area contributed by atoms with Crippen LogP contribution in [0, 0.1) is 6.92 Å². The average Bonchev–Trinajstić information content (AvgIpc) is 2.66. The summed E-state index contributed by atoms with van der Waals surface area (Å²) in [4.78, 5) is 11.0. The third kappa shape index (κ3) is 2.27. The van der Waals surface area contributed by atoms with Gasteiger partial charge in [0, 0.05) is 5.56 Å². The summed E-state index contributed by atoms with van der Waals surface area (Å²) >= 11 is 0. The van der Waals surface area contributed by atoms with Crippen LogP contribution in [0.1, 0.15) is 43.6 Å². The summed E-state index contributed by atoms with van der Waals surface area (Å²) in [6.07, 6.45) is 0.869. The van der Waals surface area contributed by atoms with E-state index in [9.17, 15) is 4.79 Å². The molecule has 0 bridgehead atoms. The third-order valence-electron chi connectivity index (χ3n) is 4.93. The summed E-state index contributed by atoms with van der Waals surface area (Å²) in [6, 6.07) is 9.80. The Hall–Kier alpha value is -1.65. The molecule has 1 saturated heterocycles. The lowest BCUT2D eigenvalue weighted by atomic mass is 9.73. The quantitative estimate of drug-likeness (QED) is 0.630. The molecule has 0 unspecified atom stereocenters. The van der Waals surface area contributed by atoms with Gasteiger partial charge in [-0.1, -0.05) is 29.8 Å². The SMILES string of the molecule is Cc1ccc2cc(C=O)ccc2c1B1OC(C)(C)C(C)(C)O1. The number of carbonyl (C=O) groups excluding carboxylic acids is 1. The highest BCUT2D eigenvalue weighted by molar-refractivity contribution is 6.65. The Morgan fingerprint density at radius 3 is 2.23 bits per heavy atom. The van der Waals surface area contributed by atoms with Crippen LogP contribution in [0.3, 0.4) is 0 Å². The minimum Gasteiger partial charge on any atom is -0.399 e. The van der Waals surface area contributed by atoms with Gasteiger partial charge in [-0.05, 0) is 56.9 Å². The Bertz CT molecular complexity index is 733. The molecular weight excluding hydrogens is 275 g/mol. The first-order valence-corrected chi connectivity index (χ1v) is 7.59. The summed E-state index contributed by atoms with van der Waals surface area (Å²) in [5.41, 5.74) is 2.12. The van der Waals surface area contributed by atoms with Crippen LogP contribution in [0.5, 0.6) is 0 Å². The molecule has 0 spiro atoms. The second-order valence-electron chi connectivity index (χ2n) is 6.98. The highest BCUT2D eigenvalue weighted by atomic mass is 16.7. The zero-order valence-corrected chi connectivity index (χ0v) is 13.8. The molecule has 0 aliphatic carbocycles. The van der Waals surface area contributed by atoms with E-state index in [-0.39, 0.29) is 11.2 Å². The normalized spacial score (nSPS) is 19.6. The van der Waals surface area contributed by atoms with Crippen molar-refractivity contribution < 1.29 is 14.1 Å². The molecule has 4 heteroatoms. The summed E-state index contributed by atoms with van der Waals surface area (Å²) in [7, 11) is -0.393. The predicted octanol–water partition coefficient (Wildman–Crippen LogP) is 3.26. The summed E-state index contributed by atoms with van der Waals surface area (Å²) < 4.78 is 12.4. The van der Waals surface area contributed by atoms with Crippen molar-refractivity contribution in [3.05, 3.63) is 41.5 Å². The molecule has 1 fully saturated rings. The lowest BCUT2D eigenvalue weighted by Gasteiger charge is -2.32. The fourth-order valence-electron chi connectivity index (χ4n) is 2.83. The van der Waals surface area contributed by atoms with Gasteiger partial charge in [-0.2, -0.15) is 0 Å². The number of aryl methyl sites for hydroxylation is 1. The van der Waals surface area contributed by atoms with Crippen molar-refractivity contribution in [3.63, 3.8) is 0 Å². The molecule has 2 aromatic carbocycles. The predicted molar refractivity (Wildman–Crippen MR) is 89.8 cm³/mol. The van der Waals surface area contributed by atoms with E-state index in [4.69, 9.17) is 9.31 Å². The van der Waals surface area contributed by atoms with Crippen LogP contribution in [0.15, 0.2) is 30.3 Å². The number of aldehydes is 1. The lowest BCUT2D eigenvalue weighted by molar-refractivity contribution is 0.00578. The molecule has 1 aliphatic rings. The average molecular weight is 296 g/mol. The second kappa shape index (κ2) is 4.93. The molecule has 0 radical (unpaired) electrons. The maximum absolute atomic E-state index is 11.0. The Kier molecular flexibility index (Phi) is 3.42. The molecule has 0 atom stereocenters. The van der Waals surface area contributed by atoms with Crippen molar-refractivity contribution in [1.82, 2.24) is 0 Å². The number of fused-ring (bicyclic) bond motifs is 1. The maximum atomic E-state index is 11.0. The van der Waals surface area contributed by atoms with Crippen LogP contribution in [-0.2, 0) is 9.31 Å². The zero-order valence-electron chi connectivity index (χ0n) is 13.8. The molecule has 0 aromatic heterocycles. The summed E-state index contributed by atoms with van der Waals surface area (Å²) in [6.45, 7) is 10.3. The third-order valence-corrected chi connectivity index (χ3v) is 4.93. The van der Waals surface area contributed by atoms with Gasteiger partial charge in [-0.3, -0.25) is 4.79 Å². The van der Waals surface area contributed by atoms with Gasteiger partial charge in [-0.25, -0.2) is 0 Å². The first-order chi connectivity index (χ1) is 10.2. The molecule has 0 N–H and O–H groups in total. The number of benzene rings is 2. The molecular formula is C18H21BO3. The van der Waals surface area contributed by atoms with Crippen molar-refractivity contribution in [2.75, 3.05) is 0 Å². The first kappa shape index (κ1) is 15.3. The molecule has 3 nitrogen and oxygen atoms in total. The Morgan fingerprint density at radius 2 is 1.64 bits per heavy atom. The van der Waals surface area contributed by atoms with Gasteiger partial charge < -0.3 is 9.31 Å². The number of rotatable bonds is 2. The van der Waals surface area contributed by atoms with Gasteiger partial charge in [0.1, 0.15) is 6.29 Å². The van der Waals surface area contributed by atoms with Crippen molar-refractivity contribution in [2.45, 2.75) is 45.8 Å². The summed E-state index contributed by atoms with van der Waals surface area (Å²) in [5, 5.41) is 2.10. The molecule has 3 rings (SSSR count). The lowest BCUT2D eigenvalue weighted by Crippen LogP contribution is -2.41. The summed E-state index contributed by atoms with van der Waals surface area (Å²) in [5.74, 6) is 0. The monoisotopic (exact) mass is 296 g/mol. The van der Waals surface area contributed by atoms with Crippen LogP contribution in [0.25, 0.3) is 10.8 Å². The number of hydrogen-bond acceptors (Lipinski definition) is 3. The number of hydrogen-bond donors (Lipinski definition) is 0. The van der Waals surface area contributed by atoms with E-state index in [1.165, 1.54) is 0 Å². The molecule has 1 heterocycles. The Morgan fingerprint density at radius 1 is 1.00 bits per heavy atom. The van der Waals surface area contributed by atoms with Gasteiger partial charge in [0.25, 0.3) is 0 Å². The van der Waals surface area contributed by atoms with Crippen LogP contribution in [-0.4, -0.2) is 24.6 Å². The van der Waals surface area contributed by atoms with Crippen molar-refractivity contribution in [3.8, 4) is 0 Å².